The van der Waals surface area contributed by atoms with Crippen LogP contribution >= 0.6 is 0 Å². The van der Waals surface area contributed by atoms with Crippen molar-refractivity contribution >= 4 is 17.6 Å². The number of para-hydroxylation sites is 1. The van der Waals surface area contributed by atoms with Crippen molar-refractivity contribution in [3.63, 3.8) is 0 Å². The zero-order valence-electron chi connectivity index (χ0n) is 9.46. The number of benzene rings is 1. The van der Waals surface area contributed by atoms with E-state index in [1.807, 2.05) is 12.1 Å². The summed E-state index contributed by atoms with van der Waals surface area (Å²) in [5, 5.41) is 9.15. The molecule has 1 amide bonds. The third-order valence-corrected chi connectivity index (χ3v) is 2.89. The summed E-state index contributed by atoms with van der Waals surface area (Å²) in [5.41, 5.74) is 7.08. The maximum atomic E-state index is 12.0. The number of fused-ring (bicyclic) bond motifs is 1. The second kappa shape index (κ2) is 4.18. The van der Waals surface area contributed by atoms with Crippen LogP contribution in [-0.2, 0) is 16.0 Å². The Labute approximate surface area is 98.8 Å². The van der Waals surface area contributed by atoms with Gasteiger partial charge in [0.05, 0.1) is 6.04 Å². The van der Waals surface area contributed by atoms with Crippen LogP contribution in [0.2, 0.25) is 0 Å². The number of rotatable bonds is 2. The van der Waals surface area contributed by atoms with Crippen LogP contribution in [-0.4, -0.2) is 29.1 Å². The Morgan fingerprint density at radius 3 is 2.71 bits per heavy atom. The number of carbonyl (C=O) groups is 2. The van der Waals surface area contributed by atoms with Crippen LogP contribution in [0.25, 0.3) is 0 Å². The van der Waals surface area contributed by atoms with Gasteiger partial charge in [0, 0.05) is 12.1 Å². The van der Waals surface area contributed by atoms with Crippen LogP contribution in [0, 0.1) is 0 Å². The topological polar surface area (TPSA) is 83.6 Å². The Bertz CT molecular complexity index is 471. The first-order valence-electron chi connectivity index (χ1n) is 5.41. The minimum atomic E-state index is -1.00. The molecule has 1 aliphatic heterocycles. The maximum Gasteiger partial charge on any atom is 0.327 e. The van der Waals surface area contributed by atoms with Gasteiger partial charge in [-0.25, -0.2) is 4.79 Å². The fourth-order valence-corrected chi connectivity index (χ4v) is 2.08. The number of aliphatic carboxylic acids is 1. The van der Waals surface area contributed by atoms with Crippen molar-refractivity contribution in [1.82, 2.24) is 0 Å². The molecule has 5 nitrogen and oxygen atoms in total. The number of anilines is 1. The fraction of sp³-hybridized carbons (Fsp3) is 0.333. The number of amides is 1. The second-order valence-corrected chi connectivity index (χ2v) is 4.18. The van der Waals surface area contributed by atoms with Gasteiger partial charge in [-0.3, -0.25) is 9.69 Å². The van der Waals surface area contributed by atoms with Crippen molar-refractivity contribution in [2.45, 2.75) is 25.4 Å². The molecule has 0 saturated carbocycles. The second-order valence-electron chi connectivity index (χ2n) is 4.18. The smallest absolute Gasteiger partial charge is 0.327 e. The number of hydrogen-bond donors (Lipinski definition) is 2. The van der Waals surface area contributed by atoms with E-state index in [0.717, 1.165) is 5.56 Å². The van der Waals surface area contributed by atoms with Crippen LogP contribution < -0.4 is 10.6 Å². The lowest BCUT2D eigenvalue weighted by molar-refractivity contribution is -0.140. The molecule has 0 radical (unpaired) electrons. The minimum Gasteiger partial charge on any atom is -0.480 e. The van der Waals surface area contributed by atoms with Gasteiger partial charge in [0.15, 0.2) is 0 Å². The Morgan fingerprint density at radius 1 is 1.47 bits per heavy atom. The molecule has 90 valence electrons. The van der Waals surface area contributed by atoms with E-state index in [-0.39, 0.29) is 5.91 Å². The first-order chi connectivity index (χ1) is 8.02. The molecule has 1 heterocycles. The summed E-state index contributed by atoms with van der Waals surface area (Å²) in [6.45, 7) is 1.56. The summed E-state index contributed by atoms with van der Waals surface area (Å²) in [6, 6.07) is 5.65. The average molecular weight is 234 g/mol. The van der Waals surface area contributed by atoms with Gasteiger partial charge in [-0.15, -0.1) is 0 Å². The molecule has 5 heteroatoms. The third kappa shape index (κ3) is 1.89. The van der Waals surface area contributed by atoms with Crippen molar-refractivity contribution in [2.75, 3.05) is 4.90 Å². The summed E-state index contributed by atoms with van der Waals surface area (Å²) in [7, 11) is 0. The molecule has 0 unspecified atom stereocenters. The van der Waals surface area contributed by atoms with Crippen LogP contribution in [0.4, 0.5) is 5.69 Å². The standard InChI is InChI=1S/C12H14N2O3/c1-7(13)11(15)14-9-5-3-2-4-8(9)6-10(14)12(16)17/h2-5,7,10H,6,13H2,1H3,(H,16,17)/t7-,10-/m0/s1. The number of carbonyl (C=O) groups excluding carboxylic acids is 1. The lowest BCUT2D eigenvalue weighted by atomic mass is 10.1. The third-order valence-electron chi connectivity index (χ3n) is 2.89. The fourth-order valence-electron chi connectivity index (χ4n) is 2.08. The highest BCUT2D eigenvalue weighted by Crippen LogP contribution is 2.32. The van der Waals surface area contributed by atoms with E-state index in [9.17, 15) is 9.59 Å². The summed E-state index contributed by atoms with van der Waals surface area (Å²) in [5.74, 6) is -1.36. The highest BCUT2D eigenvalue weighted by Gasteiger charge is 2.38. The van der Waals surface area contributed by atoms with Gasteiger partial charge in [-0.2, -0.15) is 0 Å². The van der Waals surface area contributed by atoms with Gasteiger partial charge in [0.1, 0.15) is 6.04 Å². The molecule has 1 aliphatic rings. The molecule has 2 rings (SSSR count). The molecule has 1 aromatic carbocycles. The van der Waals surface area contributed by atoms with Gasteiger partial charge in [0.25, 0.3) is 0 Å². The Morgan fingerprint density at radius 2 is 2.12 bits per heavy atom. The number of carboxylic acids is 1. The molecule has 0 bridgehead atoms. The molecular formula is C12H14N2O3. The van der Waals surface area contributed by atoms with Crippen molar-refractivity contribution in [3.8, 4) is 0 Å². The molecule has 0 spiro atoms. The van der Waals surface area contributed by atoms with E-state index in [1.165, 1.54) is 4.90 Å². The average Bonchev–Trinajstić information content (AvgIpc) is 2.67. The molecule has 1 aromatic rings. The van der Waals surface area contributed by atoms with Gasteiger partial charge in [0.2, 0.25) is 5.91 Å². The number of nitrogens with two attached hydrogens (primary N) is 1. The molecule has 0 aliphatic carbocycles. The summed E-state index contributed by atoms with van der Waals surface area (Å²) < 4.78 is 0. The Balaban J connectivity index is 2.44. The first kappa shape index (κ1) is 11.6. The number of carboxylic acid groups (broad SMARTS) is 1. The molecular weight excluding hydrogens is 220 g/mol. The van der Waals surface area contributed by atoms with Gasteiger partial charge in [-0.1, -0.05) is 18.2 Å². The monoisotopic (exact) mass is 234 g/mol. The molecule has 3 N–H and O–H groups in total. The van der Waals surface area contributed by atoms with Crippen molar-refractivity contribution < 1.29 is 14.7 Å². The highest BCUT2D eigenvalue weighted by atomic mass is 16.4. The van der Waals surface area contributed by atoms with Gasteiger partial charge < -0.3 is 10.8 Å². The van der Waals surface area contributed by atoms with Crippen LogP contribution in [0.15, 0.2) is 24.3 Å². The van der Waals surface area contributed by atoms with Crippen molar-refractivity contribution in [3.05, 3.63) is 29.8 Å². The Hall–Kier alpha value is -1.88. The van der Waals surface area contributed by atoms with E-state index in [0.29, 0.717) is 12.1 Å². The maximum absolute atomic E-state index is 12.0. The van der Waals surface area contributed by atoms with Crippen LogP contribution in [0.3, 0.4) is 0 Å². The van der Waals surface area contributed by atoms with Crippen molar-refractivity contribution in [2.24, 2.45) is 5.73 Å². The minimum absolute atomic E-state index is 0.337. The summed E-state index contributed by atoms with van der Waals surface area (Å²) in [4.78, 5) is 24.4. The van der Waals surface area contributed by atoms with E-state index < -0.39 is 18.1 Å². The number of hydrogen-bond acceptors (Lipinski definition) is 3. The zero-order chi connectivity index (χ0) is 12.6. The van der Waals surface area contributed by atoms with Crippen LogP contribution in [0.5, 0.6) is 0 Å². The zero-order valence-corrected chi connectivity index (χ0v) is 9.46. The molecule has 0 aromatic heterocycles. The SMILES string of the molecule is C[C@H](N)C(=O)N1c2ccccc2C[C@H]1C(=O)O. The van der Waals surface area contributed by atoms with Gasteiger partial charge in [-0.05, 0) is 18.6 Å². The normalized spacial score (nSPS) is 19.9. The Kier molecular flexibility index (Phi) is 2.85. The predicted octanol–water partition coefficient (Wildman–Crippen LogP) is 0.376. The molecule has 2 atom stereocenters. The van der Waals surface area contributed by atoms with Crippen LogP contribution in [0.1, 0.15) is 12.5 Å². The first-order valence-corrected chi connectivity index (χ1v) is 5.41. The molecule has 17 heavy (non-hydrogen) atoms. The summed E-state index contributed by atoms with van der Waals surface area (Å²) >= 11 is 0. The summed E-state index contributed by atoms with van der Waals surface area (Å²) in [6.07, 6.45) is 0.337. The number of nitrogens with zero attached hydrogens (tertiary/aromatic N) is 1. The quantitative estimate of drug-likeness (QED) is 0.774. The lowest BCUT2D eigenvalue weighted by Gasteiger charge is -2.24. The lowest BCUT2D eigenvalue weighted by Crippen LogP contribution is -2.49. The van der Waals surface area contributed by atoms with E-state index in [4.69, 9.17) is 10.8 Å². The molecule has 0 fully saturated rings. The van der Waals surface area contributed by atoms with E-state index >= 15 is 0 Å². The van der Waals surface area contributed by atoms with Crippen molar-refractivity contribution in [1.29, 1.82) is 0 Å². The van der Waals surface area contributed by atoms with Gasteiger partial charge >= 0.3 is 5.97 Å². The highest BCUT2D eigenvalue weighted by molar-refractivity contribution is 6.04. The van der Waals surface area contributed by atoms with E-state index in [2.05, 4.69) is 0 Å². The largest absolute Gasteiger partial charge is 0.480 e. The van der Waals surface area contributed by atoms with E-state index in [1.54, 1.807) is 19.1 Å². The molecule has 0 saturated heterocycles. The predicted molar refractivity (Wildman–Crippen MR) is 62.7 cm³/mol.